The molecule has 1 aromatic heterocycles. The summed E-state index contributed by atoms with van der Waals surface area (Å²) in [4.78, 5) is 37.2. The number of carbonyl (C=O) groups is 2. The molecule has 0 fully saturated rings. The average molecular weight is 312 g/mol. The molecular weight excluding hydrogens is 300 g/mol. The van der Waals surface area contributed by atoms with Gasteiger partial charge < -0.3 is 14.5 Å². The lowest BCUT2D eigenvalue weighted by molar-refractivity contribution is 0.0600. The highest BCUT2D eigenvalue weighted by atomic mass is 16.5. The van der Waals surface area contributed by atoms with Gasteiger partial charge in [0.15, 0.2) is 5.58 Å². The number of hydrogen-bond donors (Lipinski definition) is 2. The summed E-state index contributed by atoms with van der Waals surface area (Å²) in [5, 5.41) is 2.69. The van der Waals surface area contributed by atoms with Gasteiger partial charge >= 0.3 is 11.7 Å². The van der Waals surface area contributed by atoms with Gasteiger partial charge in [-0.1, -0.05) is 0 Å². The van der Waals surface area contributed by atoms with Gasteiger partial charge in [0.25, 0.3) is 5.91 Å². The highest BCUT2D eigenvalue weighted by molar-refractivity contribution is 6.05. The summed E-state index contributed by atoms with van der Waals surface area (Å²) in [7, 11) is 1.30. The Kier molecular flexibility index (Phi) is 3.68. The topological polar surface area (TPSA) is 101 Å². The molecule has 2 aromatic carbocycles. The zero-order valence-electron chi connectivity index (χ0n) is 12.1. The van der Waals surface area contributed by atoms with Crippen LogP contribution in [0.4, 0.5) is 5.69 Å². The van der Waals surface area contributed by atoms with Gasteiger partial charge in [0.05, 0.1) is 18.2 Å². The van der Waals surface area contributed by atoms with Gasteiger partial charge in [-0.15, -0.1) is 0 Å². The van der Waals surface area contributed by atoms with Gasteiger partial charge in [0, 0.05) is 11.3 Å². The van der Waals surface area contributed by atoms with Gasteiger partial charge in [0.2, 0.25) is 0 Å². The minimum atomic E-state index is -0.573. The maximum atomic E-state index is 12.2. The minimum absolute atomic E-state index is 0.309. The van der Waals surface area contributed by atoms with Crippen LogP contribution in [0.15, 0.2) is 51.7 Å². The number of ether oxygens (including phenoxy) is 1. The molecule has 0 aliphatic heterocycles. The normalized spacial score (nSPS) is 10.5. The molecule has 0 radical (unpaired) electrons. The molecule has 116 valence electrons. The predicted molar refractivity (Wildman–Crippen MR) is 82.6 cm³/mol. The van der Waals surface area contributed by atoms with E-state index in [1.54, 1.807) is 36.4 Å². The molecule has 3 aromatic rings. The van der Waals surface area contributed by atoms with Crippen LogP contribution in [0.1, 0.15) is 20.7 Å². The Morgan fingerprint density at radius 1 is 1.09 bits per heavy atom. The fraction of sp³-hybridized carbons (Fsp3) is 0.0625. The van der Waals surface area contributed by atoms with Crippen LogP contribution in [-0.4, -0.2) is 24.0 Å². The molecule has 0 atom stereocenters. The van der Waals surface area contributed by atoms with E-state index in [-0.39, 0.29) is 5.91 Å². The summed E-state index contributed by atoms with van der Waals surface area (Å²) in [6.45, 7) is 0. The number of benzene rings is 2. The first kappa shape index (κ1) is 14.6. The second-order valence-electron chi connectivity index (χ2n) is 4.75. The molecule has 23 heavy (non-hydrogen) atoms. The maximum Gasteiger partial charge on any atom is 0.417 e. The lowest BCUT2D eigenvalue weighted by atomic mass is 10.1. The zero-order valence-corrected chi connectivity index (χ0v) is 12.1. The molecule has 3 rings (SSSR count). The fourth-order valence-corrected chi connectivity index (χ4v) is 2.10. The number of methoxy groups -OCH3 is 1. The van der Waals surface area contributed by atoms with E-state index in [2.05, 4.69) is 15.0 Å². The van der Waals surface area contributed by atoms with Gasteiger partial charge in [-0.2, -0.15) is 0 Å². The third-order valence-electron chi connectivity index (χ3n) is 3.25. The van der Waals surface area contributed by atoms with E-state index in [9.17, 15) is 14.4 Å². The molecule has 0 saturated carbocycles. The Bertz CT molecular complexity index is 937. The van der Waals surface area contributed by atoms with Crippen LogP contribution >= 0.6 is 0 Å². The fourth-order valence-electron chi connectivity index (χ4n) is 2.10. The van der Waals surface area contributed by atoms with E-state index in [1.165, 1.54) is 13.2 Å². The molecule has 7 nitrogen and oxygen atoms in total. The van der Waals surface area contributed by atoms with E-state index in [0.717, 1.165) is 0 Å². The molecule has 1 heterocycles. The van der Waals surface area contributed by atoms with Crippen LogP contribution in [0.25, 0.3) is 11.1 Å². The van der Waals surface area contributed by atoms with Crippen molar-refractivity contribution >= 4 is 28.7 Å². The lowest BCUT2D eigenvalue weighted by Crippen LogP contribution is -2.12. The Morgan fingerprint density at radius 2 is 1.78 bits per heavy atom. The predicted octanol–water partition coefficient (Wildman–Crippen LogP) is 2.16. The summed E-state index contributed by atoms with van der Waals surface area (Å²) in [6.07, 6.45) is 0. The molecule has 0 bridgehead atoms. The number of aromatic nitrogens is 1. The number of aromatic amines is 1. The summed E-state index contributed by atoms with van der Waals surface area (Å²) >= 11 is 0. The number of nitrogens with one attached hydrogen (secondary N) is 2. The quantitative estimate of drug-likeness (QED) is 0.722. The number of anilines is 1. The van der Waals surface area contributed by atoms with Crippen LogP contribution in [0.2, 0.25) is 0 Å². The first-order valence-electron chi connectivity index (χ1n) is 6.69. The third kappa shape index (κ3) is 2.98. The van der Waals surface area contributed by atoms with Crippen molar-refractivity contribution in [3.05, 3.63) is 64.1 Å². The number of amides is 1. The largest absolute Gasteiger partial charge is 0.465 e. The van der Waals surface area contributed by atoms with E-state index in [0.29, 0.717) is 27.9 Å². The number of H-pyrrole nitrogens is 1. The zero-order chi connectivity index (χ0) is 16.4. The molecule has 0 aliphatic rings. The van der Waals surface area contributed by atoms with Crippen molar-refractivity contribution in [3.63, 3.8) is 0 Å². The third-order valence-corrected chi connectivity index (χ3v) is 3.25. The number of esters is 1. The second kappa shape index (κ2) is 5.80. The van der Waals surface area contributed by atoms with Gasteiger partial charge in [0.1, 0.15) is 0 Å². The van der Waals surface area contributed by atoms with Crippen LogP contribution in [0.3, 0.4) is 0 Å². The average Bonchev–Trinajstić information content (AvgIpc) is 2.93. The van der Waals surface area contributed by atoms with Crippen molar-refractivity contribution in [1.82, 2.24) is 4.98 Å². The molecular formula is C16H12N2O5. The van der Waals surface area contributed by atoms with E-state index < -0.39 is 11.7 Å². The van der Waals surface area contributed by atoms with Crippen molar-refractivity contribution in [2.24, 2.45) is 0 Å². The Balaban J connectivity index is 1.79. The minimum Gasteiger partial charge on any atom is -0.465 e. The number of fused-ring (bicyclic) bond motifs is 1. The SMILES string of the molecule is COC(=O)c1ccc(NC(=O)c2ccc3[nH]c(=O)oc3c2)cc1. The van der Waals surface area contributed by atoms with Gasteiger partial charge in [-0.05, 0) is 42.5 Å². The van der Waals surface area contributed by atoms with Crippen LogP contribution in [-0.2, 0) is 4.74 Å². The van der Waals surface area contributed by atoms with E-state index in [1.807, 2.05) is 0 Å². The summed E-state index contributed by atoms with van der Waals surface area (Å²) in [6, 6.07) is 10.9. The first-order valence-corrected chi connectivity index (χ1v) is 6.69. The highest BCUT2D eigenvalue weighted by Crippen LogP contribution is 2.15. The number of oxazole rings is 1. The highest BCUT2D eigenvalue weighted by Gasteiger charge is 2.10. The molecule has 0 unspecified atom stereocenters. The van der Waals surface area contributed by atoms with E-state index >= 15 is 0 Å². The Labute approximate surface area is 129 Å². The second-order valence-corrected chi connectivity index (χ2v) is 4.75. The molecule has 0 saturated heterocycles. The summed E-state index contributed by atoms with van der Waals surface area (Å²) < 4.78 is 9.53. The maximum absolute atomic E-state index is 12.2. The van der Waals surface area contributed by atoms with Gasteiger partial charge in [-0.25, -0.2) is 9.59 Å². The molecule has 0 spiro atoms. The smallest absolute Gasteiger partial charge is 0.417 e. The van der Waals surface area contributed by atoms with E-state index in [4.69, 9.17) is 4.42 Å². The molecule has 2 N–H and O–H groups in total. The summed E-state index contributed by atoms with van der Waals surface area (Å²) in [5.41, 5.74) is 2.09. The Morgan fingerprint density at radius 3 is 2.48 bits per heavy atom. The number of carbonyl (C=O) groups excluding carboxylic acids is 2. The Hall–Kier alpha value is -3.35. The molecule has 1 amide bonds. The van der Waals surface area contributed by atoms with Crippen molar-refractivity contribution in [3.8, 4) is 0 Å². The monoisotopic (exact) mass is 312 g/mol. The van der Waals surface area contributed by atoms with Crippen molar-refractivity contribution in [1.29, 1.82) is 0 Å². The molecule has 7 heteroatoms. The van der Waals surface area contributed by atoms with Crippen LogP contribution in [0.5, 0.6) is 0 Å². The van der Waals surface area contributed by atoms with Crippen LogP contribution < -0.4 is 11.1 Å². The van der Waals surface area contributed by atoms with Gasteiger partial charge in [-0.3, -0.25) is 9.78 Å². The molecule has 0 aliphatic carbocycles. The van der Waals surface area contributed by atoms with Crippen molar-refractivity contribution < 1.29 is 18.7 Å². The van der Waals surface area contributed by atoms with Crippen molar-refractivity contribution in [2.75, 3.05) is 12.4 Å². The lowest BCUT2D eigenvalue weighted by Gasteiger charge is -2.06. The first-order chi connectivity index (χ1) is 11.1. The van der Waals surface area contributed by atoms with Crippen molar-refractivity contribution in [2.45, 2.75) is 0 Å². The number of hydrogen-bond acceptors (Lipinski definition) is 5. The number of rotatable bonds is 3. The summed E-state index contributed by atoms with van der Waals surface area (Å²) in [5.74, 6) is -1.38. The van der Waals surface area contributed by atoms with Crippen LogP contribution in [0, 0.1) is 0 Å². The standard InChI is InChI=1S/C16H12N2O5/c1-22-15(20)9-2-5-11(6-3-9)17-14(19)10-4-7-12-13(8-10)23-16(21)18-12/h2-8H,1H3,(H,17,19)(H,18,21).